The van der Waals surface area contributed by atoms with Gasteiger partial charge in [0.1, 0.15) is 0 Å². The minimum Gasteiger partial charge on any atom is -0.357 e. The number of hydrogen-bond donors (Lipinski definition) is 2. The third-order valence-electron chi connectivity index (χ3n) is 2.93. The molecule has 1 aliphatic carbocycles. The van der Waals surface area contributed by atoms with E-state index in [1.807, 2.05) is 0 Å². The Labute approximate surface area is 86.4 Å². The summed E-state index contributed by atoms with van der Waals surface area (Å²) >= 11 is 0. The van der Waals surface area contributed by atoms with E-state index >= 15 is 0 Å². The van der Waals surface area contributed by atoms with Crippen molar-refractivity contribution in [2.45, 2.75) is 13.0 Å². The molecule has 2 aliphatic rings. The maximum atomic E-state index is 11.7. The molecule has 0 fully saturated rings. The fraction of sp³-hybridized carbons (Fsp3) is 0.273. The van der Waals surface area contributed by atoms with Gasteiger partial charge in [-0.3, -0.25) is 9.59 Å². The van der Waals surface area contributed by atoms with E-state index < -0.39 is 5.78 Å². The molecule has 1 aromatic heterocycles. The van der Waals surface area contributed by atoms with Crippen LogP contribution in [0, 0.1) is 0 Å². The van der Waals surface area contributed by atoms with Crippen LogP contribution in [-0.4, -0.2) is 23.1 Å². The smallest absolute Gasteiger partial charge is 0.235 e. The Balaban J connectivity index is 2.23. The van der Waals surface area contributed by atoms with Gasteiger partial charge in [0.2, 0.25) is 11.6 Å². The topological polar surface area (TPSA) is 62.0 Å². The van der Waals surface area contributed by atoms with E-state index in [1.165, 1.54) is 6.08 Å². The van der Waals surface area contributed by atoms with Crippen LogP contribution in [0.2, 0.25) is 0 Å². The van der Waals surface area contributed by atoms with Crippen LogP contribution in [-0.2, 0) is 17.8 Å². The van der Waals surface area contributed by atoms with E-state index in [2.05, 4.69) is 10.3 Å². The summed E-state index contributed by atoms with van der Waals surface area (Å²) < 4.78 is 0. The summed E-state index contributed by atoms with van der Waals surface area (Å²) in [4.78, 5) is 26.2. The zero-order valence-corrected chi connectivity index (χ0v) is 8.09. The molecule has 2 heterocycles. The van der Waals surface area contributed by atoms with E-state index in [0.29, 0.717) is 5.56 Å². The lowest BCUT2D eigenvalue weighted by Crippen LogP contribution is -2.25. The van der Waals surface area contributed by atoms with Gasteiger partial charge < -0.3 is 10.3 Å². The molecule has 2 N–H and O–H groups in total. The molecule has 0 saturated carbocycles. The van der Waals surface area contributed by atoms with E-state index in [-0.39, 0.29) is 5.78 Å². The van der Waals surface area contributed by atoms with Crippen LogP contribution >= 0.6 is 0 Å². The first kappa shape index (κ1) is 8.61. The van der Waals surface area contributed by atoms with Crippen LogP contribution in [0.25, 0.3) is 6.08 Å². The van der Waals surface area contributed by atoms with Crippen molar-refractivity contribution in [2.75, 3.05) is 6.54 Å². The molecule has 15 heavy (non-hydrogen) atoms. The van der Waals surface area contributed by atoms with Crippen molar-refractivity contribution in [3.8, 4) is 0 Å². The largest absolute Gasteiger partial charge is 0.357 e. The standard InChI is InChI=1S/C11H10N2O2/c14-9-2-1-7-10(11(9)15)6-3-4-12-5-8(6)13-7/h1-2,12-13H,3-5H2. The van der Waals surface area contributed by atoms with Gasteiger partial charge in [0.05, 0.1) is 11.3 Å². The maximum Gasteiger partial charge on any atom is 0.235 e. The number of fused-ring (bicyclic) bond motifs is 3. The second-order valence-electron chi connectivity index (χ2n) is 3.82. The highest BCUT2D eigenvalue weighted by Gasteiger charge is 2.28. The van der Waals surface area contributed by atoms with Crippen LogP contribution in [0.3, 0.4) is 0 Å². The number of allylic oxidation sites excluding steroid dienone is 1. The highest BCUT2D eigenvalue weighted by atomic mass is 16.2. The van der Waals surface area contributed by atoms with Gasteiger partial charge in [-0.2, -0.15) is 0 Å². The first-order valence-corrected chi connectivity index (χ1v) is 4.98. The van der Waals surface area contributed by atoms with E-state index in [1.54, 1.807) is 6.08 Å². The van der Waals surface area contributed by atoms with E-state index in [0.717, 1.165) is 36.5 Å². The van der Waals surface area contributed by atoms with E-state index in [9.17, 15) is 9.59 Å². The average molecular weight is 202 g/mol. The van der Waals surface area contributed by atoms with Crippen LogP contribution in [0.4, 0.5) is 0 Å². The molecule has 0 bridgehead atoms. The Morgan fingerprint density at radius 2 is 2.07 bits per heavy atom. The predicted molar refractivity (Wildman–Crippen MR) is 54.6 cm³/mol. The zero-order chi connectivity index (χ0) is 10.4. The molecule has 3 rings (SSSR count). The van der Waals surface area contributed by atoms with Crippen LogP contribution < -0.4 is 5.32 Å². The second-order valence-corrected chi connectivity index (χ2v) is 3.82. The van der Waals surface area contributed by atoms with Gasteiger partial charge in [0.25, 0.3) is 0 Å². The molecule has 0 radical (unpaired) electrons. The summed E-state index contributed by atoms with van der Waals surface area (Å²) in [6.45, 7) is 1.61. The van der Waals surface area contributed by atoms with Crippen molar-refractivity contribution in [1.82, 2.24) is 10.3 Å². The Hall–Kier alpha value is -1.68. The third-order valence-corrected chi connectivity index (χ3v) is 2.93. The van der Waals surface area contributed by atoms with Crippen LogP contribution in [0.15, 0.2) is 6.08 Å². The Morgan fingerprint density at radius 1 is 1.20 bits per heavy atom. The summed E-state index contributed by atoms with van der Waals surface area (Å²) in [5.41, 5.74) is 3.44. The first-order chi connectivity index (χ1) is 7.27. The minimum atomic E-state index is -0.414. The van der Waals surface area contributed by atoms with Gasteiger partial charge in [0.15, 0.2) is 0 Å². The minimum absolute atomic E-state index is 0.369. The van der Waals surface area contributed by atoms with Gasteiger partial charge in [-0.25, -0.2) is 0 Å². The number of hydrogen-bond acceptors (Lipinski definition) is 3. The number of aromatic amines is 1. The number of carbonyl (C=O) groups excluding carboxylic acids is 2. The monoisotopic (exact) mass is 202 g/mol. The van der Waals surface area contributed by atoms with Crippen molar-refractivity contribution in [2.24, 2.45) is 0 Å². The Morgan fingerprint density at radius 3 is 2.93 bits per heavy atom. The first-order valence-electron chi connectivity index (χ1n) is 4.98. The molecule has 4 heteroatoms. The summed E-state index contributed by atoms with van der Waals surface area (Å²) in [6, 6.07) is 0. The molecular weight excluding hydrogens is 192 g/mol. The number of aromatic nitrogens is 1. The van der Waals surface area contributed by atoms with Crippen LogP contribution in [0.1, 0.15) is 27.3 Å². The number of carbonyl (C=O) groups is 2. The molecule has 0 unspecified atom stereocenters. The molecule has 76 valence electrons. The highest BCUT2D eigenvalue weighted by Crippen LogP contribution is 2.26. The molecule has 0 aromatic carbocycles. The number of H-pyrrole nitrogens is 1. The van der Waals surface area contributed by atoms with Crippen molar-refractivity contribution in [3.05, 3.63) is 28.6 Å². The van der Waals surface area contributed by atoms with Gasteiger partial charge >= 0.3 is 0 Å². The number of nitrogens with one attached hydrogen (secondary N) is 2. The highest BCUT2D eigenvalue weighted by molar-refractivity contribution is 6.50. The summed E-state index contributed by atoms with van der Waals surface area (Å²) in [6.07, 6.45) is 3.84. The average Bonchev–Trinajstić information content (AvgIpc) is 2.62. The Kier molecular flexibility index (Phi) is 1.67. The maximum absolute atomic E-state index is 11.7. The summed E-state index contributed by atoms with van der Waals surface area (Å²) in [7, 11) is 0. The molecular formula is C11H10N2O2. The van der Waals surface area contributed by atoms with Crippen molar-refractivity contribution in [3.63, 3.8) is 0 Å². The van der Waals surface area contributed by atoms with Gasteiger partial charge in [0, 0.05) is 12.2 Å². The predicted octanol–water partition coefficient (Wildman–Crippen LogP) is 0.439. The zero-order valence-electron chi connectivity index (χ0n) is 8.09. The second kappa shape index (κ2) is 2.90. The number of Topliss-reactive ketones (excluding diaryl/α,β-unsaturated/α-hetero) is 1. The lowest BCUT2D eigenvalue weighted by atomic mass is 9.94. The quantitative estimate of drug-likeness (QED) is 0.600. The van der Waals surface area contributed by atoms with Crippen molar-refractivity contribution < 1.29 is 9.59 Å². The Bertz CT molecular complexity index is 497. The number of rotatable bonds is 0. The molecule has 0 atom stereocenters. The molecule has 0 amide bonds. The normalized spacial score (nSPS) is 18.9. The van der Waals surface area contributed by atoms with Gasteiger partial charge in [-0.15, -0.1) is 0 Å². The van der Waals surface area contributed by atoms with Crippen molar-refractivity contribution in [1.29, 1.82) is 0 Å². The van der Waals surface area contributed by atoms with Crippen molar-refractivity contribution >= 4 is 17.6 Å². The van der Waals surface area contributed by atoms with E-state index in [4.69, 9.17) is 0 Å². The van der Waals surface area contributed by atoms with Gasteiger partial charge in [-0.05, 0) is 30.7 Å². The van der Waals surface area contributed by atoms with Crippen LogP contribution in [0.5, 0.6) is 0 Å². The third kappa shape index (κ3) is 1.11. The van der Waals surface area contributed by atoms with Gasteiger partial charge in [-0.1, -0.05) is 0 Å². The number of ketones is 2. The fourth-order valence-electron chi connectivity index (χ4n) is 2.21. The lowest BCUT2D eigenvalue weighted by Gasteiger charge is -2.13. The summed E-state index contributed by atoms with van der Waals surface area (Å²) in [5.74, 6) is -0.783. The molecule has 4 nitrogen and oxygen atoms in total. The molecule has 0 spiro atoms. The molecule has 0 saturated heterocycles. The summed E-state index contributed by atoms with van der Waals surface area (Å²) in [5, 5.41) is 3.22. The molecule has 1 aliphatic heterocycles. The SMILES string of the molecule is O=C1C=Cc2[nH]c3c(c2C1=O)CCNC3. The fourth-order valence-corrected chi connectivity index (χ4v) is 2.21. The molecule has 1 aromatic rings. The lowest BCUT2D eigenvalue weighted by molar-refractivity contribution is -0.110.